The number of carbonyl (C=O) groups is 1. The largest absolute Gasteiger partial charge is 0.368 e. The van der Waals surface area contributed by atoms with Gasteiger partial charge in [0.15, 0.2) is 0 Å². The minimum atomic E-state index is -0.187. The van der Waals surface area contributed by atoms with Crippen LogP contribution in [0, 0.1) is 0 Å². The van der Waals surface area contributed by atoms with Crippen LogP contribution in [-0.4, -0.2) is 31.0 Å². The Balaban J connectivity index is 1.92. The quantitative estimate of drug-likeness (QED) is 0.540. The molecule has 0 aliphatic carbocycles. The molecular weight excluding hydrogens is 214 g/mol. The molecule has 1 heterocycles. The second-order valence-corrected chi connectivity index (χ2v) is 4.27. The van der Waals surface area contributed by atoms with Gasteiger partial charge in [0, 0.05) is 19.0 Å². The van der Waals surface area contributed by atoms with Gasteiger partial charge in [0.1, 0.15) is 6.10 Å². The second-order valence-electron chi connectivity index (χ2n) is 3.90. The molecule has 0 bridgehead atoms. The van der Waals surface area contributed by atoms with E-state index in [0.29, 0.717) is 0 Å². The first-order chi connectivity index (χ1) is 7.34. The zero-order valence-electron chi connectivity index (χ0n) is 9.14. The van der Waals surface area contributed by atoms with Gasteiger partial charge >= 0.3 is 0 Å². The summed E-state index contributed by atoms with van der Waals surface area (Å²) in [6.07, 6.45) is 6.09. The summed E-state index contributed by atoms with van der Waals surface area (Å²) in [6.45, 7) is 1.49. The first-order valence-electron chi connectivity index (χ1n) is 5.80. The van der Waals surface area contributed by atoms with E-state index in [9.17, 15) is 4.79 Å². The maximum absolute atomic E-state index is 11.5. The van der Waals surface area contributed by atoms with Crippen LogP contribution in [0.3, 0.4) is 0 Å². The lowest BCUT2D eigenvalue weighted by Gasteiger charge is -2.09. The molecule has 88 valence electrons. The van der Waals surface area contributed by atoms with Gasteiger partial charge in [-0.2, -0.15) is 0 Å². The van der Waals surface area contributed by atoms with Gasteiger partial charge in [-0.15, -0.1) is 11.6 Å². The van der Waals surface area contributed by atoms with Crippen LogP contribution in [0.15, 0.2) is 0 Å². The Morgan fingerprint density at radius 1 is 1.33 bits per heavy atom. The molecule has 3 nitrogen and oxygen atoms in total. The van der Waals surface area contributed by atoms with E-state index in [1.54, 1.807) is 0 Å². The molecule has 1 saturated heterocycles. The molecule has 0 saturated carbocycles. The van der Waals surface area contributed by atoms with Crippen molar-refractivity contribution in [3.8, 4) is 0 Å². The summed E-state index contributed by atoms with van der Waals surface area (Å²) in [5.41, 5.74) is 0. The van der Waals surface area contributed by atoms with Gasteiger partial charge in [-0.05, 0) is 25.7 Å². The van der Waals surface area contributed by atoms with Gasteiger partial charge in [-0.25, -0.2) is 0 Å². The zero-order valence-corrected chi connectivity index (χ0v) is 9.89. The van der Waals surface area contributed by atoms with Crippen LogP contribution in [0.25, 0.3) is 0 Å². The predicted molar refractivity (Wildman–Crippen MR) is 61.2 cm³/mol. The lowest BCUT2D eigenvalue weighted by Crippen LogP contribution is -2.34. The molecule has 1 aliphatic heterocycles. The fourth-order valence-electron chi connectivity index (χ4n) is 1.68. The standard InChI is InChI=1S/C11H20ClNO2/c12-7-3-1-2-4-8-13-11(14)10-6-5-9-15-10/h10H,1-9H2,(H,13,14). The second kappa shape index (κ2) is 7.94. The number of hydrogen-bond acceptors (Lipinski definition) is 2. The highest BCUT2D eigenvalue weighted by atomic mass is 35.5. The van der Waals surface area contributed by atoms with Gasteiger partial charge < -0.3 is 10.1 Å². The van der Waals surface area contributed by atoms with Crippen molar-refractivity contribution in [1.29, 1.82) is 0 Å². The molecule has 0 aromatic rings. The Labute approximate surface area is 96.5 Å². The molecule has 1 rings (SSSR count). The van der Waals surface area contributed by atoms with Crippen LogP contribution in [0.2, 0.25) is 0 Å². The molecular formula is C11H20ClNO2. The highest BCUT2D eigenvalue weighted by Crippen LogP contribution is 2.11. The molecule has 1 unspecified atom stereocenters. The summed E-state index contributed by atoms with van der Waals surface area (Å²) in [5, 5.41) is 2.90. The Morgan fingerprint density at radius 3 is 2.80 bits per heavy atom. The number of ether oxygens (including phenoxy) is 1. The van der Waals surface area contributed by atoms with Crippen LogP contribution >= 0.6 is 11.6 Å². The molecule has 0 spiro atoms. The van der Waals surface area contributed by atoms with E-state index in [0.717, 1.165) is 57.6 Å². The third kappa shape index (κ3) is 5.38. The number of hydrogen-bond donors (Lipinski definition) is 1. The number of amides is 1. The maximum Gasteiger partial charge on any atom is 0.249 e. The van der Waals surface area contributed by atoms with Crippen molar-refractivity contribution in [2.75, 3.05) is 19.0 Å². The van der Waals surface area contributed by atoms with Crippen LogP contribution in [0.5, 0.6) is 0 Å². The van der Waals surface area contributed by atoms with Gasteiger partial charge in [0.2, 0.25) is 5.91 Å². The lowest BCUT2D eigenvalue weighted by molar-refractivity contribution is -0.130. The van der Waals surface area contributed by atoms with Crippen molar-refractivity contribution in [3.63, 3.8) is 0 Å². The van der Waals surface area contributed by atoms with Crippen LogP contribution in [0.4, 0.5) is 0 Å². The molecule has 0 aromatic heterocycles. The fraction of sp³-hybridized carbons (Fsp3) is 0.909. The number of nitrogens with one attached hydrogen (secondary N) is 1. The highest BCUT2D eigenvalue weighted by molar-refractivity contribution is 6.17. The zero-order chi connectivity index (χ0) is 10.9. The van der Waals surface area contributed by atoms with Gasteiger partial charge in [0.05, 0.1) is 0 Å². The third-order valence-electron chi connectivity index (χ3n) is 2.58. The summed E-state index contributed by atoms with van der Waals surface area (Å²) in [7, 11) is 0. The molecule has 1 amide bonds. The van der Waals surface area contributed by atoms with Crippen LogP contribution in [0.1, 0.15) is 38.5 Å². The Bertz CT molecular complexity index is 181. The summed E-state index contributed by atoms with van der Waals surface area (Å²) in [4.78, 5) is 11.5. The van der Waals surface area contributed by atoms with Crippen molar-refractivity contribution in [2.45, 2.75) is 44.6 Å². The van der Waals surface area contributed by atoms with Crippen molar-refractivity contribution >= 4 is 17.5 Å². The summed E-state index contributed by atoms with van der Waals surface area (Å²) in [6, 6.07) is 0. The number of carbonyl (C=O) groups excluding carboxylic acids is 1. The van der Waals surface area contributed by atoms with Gasteiger partial charge in [-0.3, -0.25) is 4.79 Å². The van der Waals surface area contributed by atoms with Crippen molar-refractivity contribution in [3.05, 3.63) is 0 Å². The predicted octanol–water partition coefficient (Wildman–Crippen LogP) is 2.08. The first-order valence-corrected chi connectivity index (χ1v) is 6.33. The smallest absolute Gasteiger partial charge is 0.249 e. The lowest BCUT2D eigenvalue weighted by atomic mass is 10.2. The summed E-state index contributed by atoms with van der Waals surface area (Å²) in [5.74, 6) is 0.798. The molecule has 1 atom stereocenters. The molecule has 1 aliphatic rings. The normalized spacial score (nSPS) is 20.5. The first kappa shape index (κ1) is 12.8. The van der Waals surface area contributed by atoms with E-state index in [1.807, 2.05) is 0 Å². The van der Waals surface area contributed by atoms with Crippen LogP contribution in [-0.2, 0) is 9.53 Å². The molecule has 1 N–H and O–H groups in total. The van der Waals surface area contributed by atoms with E-state index < -0.39 is 0 Å². The van der Waals surface area contributed by atoms with Gasteiger partial charge in [0.25, 0.3) is 0 Å². The Kier molecular flexibility index (Phi) is 6.77. The molecule has 4 heteroatoms. The fourth-order valence-corrected chi connectivity index (χ4v) is 1.87. The van der Waals surface area contributed by atoms with E-state index in [2.05, 4.69) is 5.32 Å². The monoisotopic (exact) mass is 233 g/mol. The minimum absolute atomic E-state index is 0.0600. The minimum Gasteiger partial charge on any atom is -0.368 e. The van der Waals surface area contributed by atoms with E-state index in [1.165, 1.54) is 0 Å². The number of halogens is 1. The van der Waals surface area contributed by atoms with E-state index >= 15 is 0 Å². The van der Waals surface area contributed by atoms with E-state index in [-0.39, 0.29) is 12.0 Å². The summed E-state index contributed by atoms with van der Waals surface area (Å²) < 4.78 is 5.28. The number of unbranched alkanes of at least 4 members (excludes halogenated alkanes) is 3. The molecule has 1 fully saturated rings. The van der Waals surface area contributed by atoms with Crippen molar-refractivity contribution < 1.29 is 9.53 Å². The van der Waals surface area contributed by atoms with Crippen molar-refractivity contribution in [2.24, 2.45) is 0 Å². The molecule has 0 radical (unpaired) electrons. The number of alkyl halides is 1. The Morgan fingerprint density at radius 2 is 2.13 bits per heavy atom. The SMILES string of the molecule is O=C(NCCCCCCCl)C1CCCO1. The highest BCUT2D eigenvalue weighted by Gasteiger charge is 2.22. The van der Waals surface area contributed by atoms with Gasteiger partial charge in [-0.1, -0.05) is 12.8 Å². The topological polar surface area (TPSA) is 38.3 Å². The summed E-state index contributed by atoms with van der Waals surface area (Å²) >= 11 is 5.56. The third-order valence-corrected chi connectivity index (χ3v) is 2.85. The molecule has 15 heavy (non-hydrogen) atoms. The van der Waals surface area contributed by atoms with E-state index in [4.69, 9.17) is 16.3 Å². The average Bonchev–Trinajstić information content (AvgIpc) is 2.76. The van der Waals surface area contributed by atoms with Crippen molar-refractivity contribution in [1.82, 2.24) is 5.32 Å². The average molecular weight is 234 g/mol. The maximum atomic E-state index is 11.5. The number of rotatable bonds is 7. The Hall–Kier alpha value is -0.280. The molecule has 0 aromatic carbocycles. The van der Waals surface area contributed by atoms with Crippen LogP contribution < -0.4 is 5.32 Å².